The van der Waals surface area contributed by atoms with Crippen LogP contribution >= 0.6 is 11.3 Å². The molecule has 6 heteroatoms. The molecule has 0 fully saturated rings. The summed E-state index contributed by atoms with van der Waals surface area (Å²) >= 11 is 1.13. The van der Waals surface area contributed by atoms with Crippen LogP contribution in [-0.2, 0) is 6.54 Å². The molecule has 5 nitrogen and oxygen atoms in total. The molecule has 1 aromatic heterocycles. The lowest BCUT2D eigenvalue weighted by Gasteiger charge is -2.17. The number of nitro groups is 1. The van der Waals surface area contributed by atoms with Crippen LogP contribution in [0.1, 0.15) is 25.8 Å². The molecule has 0 aromatic carbocycles. The van der Waals surface area contributed by atoms with E-state index in [1.165, 1.54) is 0 Å². The molecular weight excluding hydrogens is 240 g/mol. The Labute approximate surface area is 105 Å². The van der Waals surface area contributed by atoms with E-state index in [9.17, 15) is 15.2 Å². The van der Waals surface area contributed by atoms with Gasteiger partial charge >= 0.3 is 5.00 Å². The highest BCUT2D eigenvalue weighted by atomic mass is 32.1. The van der Waals surface area contributed by atoms with Gasteiger partial charge in [0, 0.05) is 24.0 Å². The van der Waals surface area contributed by atoms with E-state index in [2.05, 4.69) is 19.2 Å². The molecule has 1 rings (SSSR count). The van der Waals surface area contributed by atoms with Gasteiger partial charge in [0.15, 0.2) is 0 Å². The van der Waals surface area contributed by atoms with Crippen molar-refractivity contribution in [2.45, 2.75) is 32.9 Å². The molecule has 17 heavy (non-hydrogen) atoms. The molecule has 96 valence electrons. The largest absolute Gasteiger partial charge is 0.395 e. The first-order chi connectivity index (χ1) is 8.02. The van der Waals surface area contributed by atoms with E-state index in [0.717, 1.165) is 23.3 Å². The third kappa shape index (κ3) is 4.80. The van der Waals surface area contributed by atoms with Crippen molar-refractivity contribution in [1.82, 2.24) is 5.32 Å². The van der Waals surface area contributed by atoms with Crippen LogP contribution in [0, 0.1) is 16.0 Å². The van der Waals surface area contributed by atoms with Crippen LogP contribution in [0.2, 0.25) is 0 Å². The van der Waals surface area contributed by atoms with Gasteiger partial charge in [-0.05, 0) is 17.9 Å². The Balaban J connectivity index is 2.45. The highest BCUT2D eigenvalue weighted by Crippen LogP contribution is 2.22. The summed E-state index contributed by atoms with van der Waals surface area (Å²) in [5.74, 6) is 0.511. The Morgan fingerprint density at radius 1 is 1.59 bits per heavy atom. The molecular formula is C11H18N2O3S. The van der Waals surface area contributed by atoms with E-state index in [-0.39, 0.29) is 22.6 Å². The predicted octanol–water partition coefficient (Wildman–Crippen LogP) is 2.15. The fraction of sp³-hybridized carbons (Fsp3) is 0.636. The van der Waals surface area contributed by atoms with E-state index < -0.39 is 0 Å². The van der Waals surface area contributed by atoms with Crippen LogP contribution in [0.15, 0.2) is 11.4 Å². The fourth-order valence-corrected chi connectivity index (χ4v) is 2.33. The van der Waals surface area contributed by atoms with Gasteiger partial charge < -0.3 is 10.4 Å². The third-order valence-corrected chi connectivity index (χ3v) is 3.32. The van der Waals surface area contributed by atoms with Crippen molar-refractivity contribution >= 4 is 16.3 Å². The van der Waals surface area contributed by atoms with Crippen LogP contribution in [0.3, 0.4) is 0 Å². The van der Waals surface area contributed by atoms with Crippen LogP contribution in [0.25, 0.3) is 0 Å². The van der Waals surface area contributed by atoms with Gasteiger partial charge in [0.1, 0.15) is 0 Å². The Morgan fingerprint density at radius 2 is 2.29 bits per heavy atom. The highest BCUT2D eigenvalue weighted by molar-refractivity contribution is 7.13. The first kappa shape index (κ1) is 14.1. The second-order valence-corrected chi connectivity index (χ2v) is 5.33. The van der Waals surface area contributed by atoms with Crippen molar-refractivity contribution in [3.8, 4) is 0 Å². The number of aliphatic hydroxyl groups is 1. The fourth-order valence-electron chi connectivity index (χ4n) is 1.60. The summed E-state index contributed by atoms with van der Waals surface area (Å²) in [5.41, 5.74) is 0.893. The first-order valence-electron chi connectivity index (χ1n) is 5.59. The monoisotopic (exact) mass is 258 g/mol. The number of aliphatic hydroxyl groups excluding tert-OH is 1. The van der Waals surface area contributed by atoms with E-state index in [0.29, 0.717) is 12.5 Å². The van der Waals surface area contributed by atoms with E-state index in [1.54, 1.807) is 11.4 Å². The molecule has 0 bridgehead atoms. The molecule has 2 N–H and O–H groups in total. The minimum absolute atomic E-state index is 0.0500. The average Bonchev–Trinajstić information content (AvgIpc) is 2.72. The molecule has 0 radical (unpaired) electrons. The van der Waals surface area contributed by atoms with Crippen molar-refractivity contribution in [1.29, 1.82) is 0 Å². The third-order valence-electron chi connectivity index (χ3n) is 2.39. The molecule has 0 spiro atoms. The van der Waals surface area contributed by atoms with Gasteiger partial charge in [0.2, 0.25) is 0 Å². The van der Waals surface area contributed by atoms with Gasteiger partial charge in [0.05, 0.1) is 11.5 Å². The molecule has 0 amide bonds. The van der Waals surface area contributed by atoms with Crippen molar-refractivity contribution in [3.63, 3.8) is 0 Å². The number of nitrogens with zero attached hydrogens (tertiary/aromatic N) is 1. The lowest BCUT2D eigenvalue weighted by Crippen LogP contribution is -2.33. The Morgan fingerprint density at radius 3 is 2.76 bits per heavy atom. The quantitative estimate of drug-likeness (QED) is 0.580. The topological polar surface area (TPSA) is 75.4 Å². The summed E-state index contributed by atoms with van der Waals surface area (Å²) < 4.78 is 0. The maximum atomic E-state index is 10.5. The van der Waals surface area contributed by atoms with Crippen molar-refractivity contribution in [2.75, 3.05) is 6.61 Å². The molecule has 0 saturated carbocycles. The number of hydrogen-bond donors (Lipinski definition) is 2. The smallest absolute Gasteiger partial charge is 0.324 e. The zero-order valence-corrected chi connectivity index (χ0v) is 10.9. The van der Waals surface area contributed by atoms with Crippen molar-refractivity contribution in [2.24, 2.45) is 5.92 Å². The molecule has 1 aromatic rings. The lowest BCUT2D eigenvalue weighted by atomic mass is 10.0. The van der Waals surface area contributed by atoms with Crippen LogP contribution in [0.4, 0.5) is 5.00 Å². The summed E-state index contributed by atoms with van der Waals surface area (Å²) in [5, 5.41) is 24.8. The molecule has 0 aliphatic heterocycles. The van der Waals surface area contributed by atoms with Gasteiger partial charge in [-0.25, -0.2) is 0 Å². The lowest BCUT2D eigenvalue weighted by molar-refractivity contribution is -0.380. The standard InChI is InChI=1S/C11H18N2O3S/c1-8(2)3-10(6-14)12-5-9-4-11(13(15)16)17-7-9/h4,7-8,10,12,14H,3,5-6H2,1-2H3. The van der Waals surface area contributed by atoms with Gasteiger partial charge in [-0.3, -0.25) is 10.1 Å². The van der Waals surface area contributed by atoms with Gasteiger partial charge in [-0.15, -0.1) is 0 Å². The average molecular weight is 258 g/mol. The second kappa shape index (κ2) is 6.68. The first-order valence-corrected chi connectivity index (χ1v) is 6.47. The molecule has 0 aliphatic rings. The van der Waals surface area contributed by atoms with Crippen molar-refractivity contribution < 1.29 is 10.0 Å². The molecule has 0 aliphatic carbocycles. The molecule has 1 atom stereocenters. The number of rotatable bonds is 7. The summed E-state index contributed by atoms with van der Waals surface area (Å²) in [6, 6.07) is 1.62. The van der Waals surface area contributed by atoms with Gasteiger partial charge in [-0.2, -0.15) is 0 Å². The number of nitrogens with one attached hydrogen (secondary N) is 1. The van der Waals surface area contributed by atoms with E-state index in [1.807, 2.05) is 0 Å². The number of hydrogen-bond acceptors (Lipinski definition) is 5. The summed E-state index contributed by atoms with van der Waals surface area (Å²) in [4.78, 5) is 10.1. The molecule has 1 heterocycles. The Kier molecular flexibility index (Phi) is 5.54. The maximum absolute atomic E-state index is 10.5. The number of thiophene rings is 1. The van der Waals surface area contributed by atoms with E-state index in [4.69, 9.17) is 0 Å². The Bertz CT molecular complexity index is 365. The summed E-state index contributed by atoms with van der Waals surface area (Å²) in [6.07, 6.45) is 0.892. The molecule has 0 saturated heterocycles. The van der Waals surface area contributed by atoms with Gasteiger partial charge in [0.25, 0.3) is 0 Å². The zero-order chi connectivity index (χ0) is 12.8. The predicted molar refractivity (Wildman–Crippen MR) is 68.1 cm³/mol. The summed E-state index contributed by atoms with van der Waals surface area (Å²) in [6.45, 7) is 4.84. The van der Waals surface area contributed by atoms with Crippen molar-refractivity contribution in [3.05, 3.63) is 27.1 Å². The van der Waals surface area contributed by atoms with E-state index >= 15 is 0 Å². The Hall–Kier alpha value is -0.980. The van der Waals surface area contributed by atoms with Gasteiger partial charge in [-0.1, -0.05) is 25.2 Å². The maximum Gasteiger partial charge on any atom is 0.324 e. The second-order valence-electron chi connectivity index (χ2n) is 4.44. The highest BCUT2D eigenvalue weighted by Gasteiger charge is 2.12. The minimum atomic E-state index is -0.383. The van der Waals surface area contributed by atoms with Crippen LogP contribution in [-0.4, -0.2) is 22.7 Å². The summed E-state index contributed by atoms with van der Waals surface area (Å²) in [7, 11) is 0. The SMILES string of the molecule is CC(C)CC(CO)NCc1csc([N+](=O)[O-])c1. The van der Waals surface area contributed by atoms with Crippen LogP contribution in [0.5, 0.6) is 0 Å². The molecule has 1 unspecified atom stereocenters. The normalized spacial score (nSPS) is 12.9. The minimum Gasteiger partial charge on any atom is -0.395 e. The zero-order valence-electron chi connectivity index (χ0n) is 10.0. The van der Waals surface area contributed by atoms with Crippen LogP contribution < -0.4 is 5.32 Å².